The Bertz CT molecular complexity index is 756. The molecular formula is C22H30Cl2N4O2. The minimum absolute atomic E-state index is 0. The maximum atomic E-state index is 12.8. The van der Waals surface area contributed by atoms with E-state index in [2.05, 4.69) is 20.9 Å². The molecule has 2 heterocycles. The second kappa shape index (κ2) is 14.0. The van der Waals surface area contributed by atoms with Crippen LogP contribution in [0, 0.1) is 5.92 Å². The molecule has 0 radical (unpaired) electrons. The second-order valence-corrected chi connectivity index (χ2v) is 7.25. The van der Waals surface area contributed by atoms with E-state index >= 15 is 0 Å². The van der Waals surface area contributed by atoms with Crippen molar-refractivity contribution in [1.82, 2.24) is 20.9 Å². The van der Waals surface area contributed by atoms with E-state index in [1.807, 2.05) is 30.3 Å². The number of nitrogens with zero attached hydrogens (tertiary/aromatic N) is 1. The summed E-state index contributed by atoms with van der Waals surface area (Å²) >= 11 is 0. The van der Waals surface area contributed by atoms with Crippen molar-refractivity contribution < 1.29 is 9.59 Å². The van der Waals surface area contributed by atoms with Crippen LogP contribution in [0.15, 0.2) is 54.9 Å². The first-order chi connectivity index (χ1) is 13.7. The number of rotatable bonds is 8. The van der Waals surface area contributed by atoms with Gasteiger partial charge >= 0.3 is 0 Å². The zero-order valence-electron chi connectivity index (χ0n) is 16.9. The standard InChI is InChI=1S/C22H28N4O2.2ClH/c27-21(19-9-5-12-24-16-19)26-20(14-17-6-2-1-3-7-17)22(28)25-13-10-18-8-4-11-23-15-18;;/h1-3,5-7,9,12,16,18,20,23H,4,8,10-11,13-15H2,(H,25,28)(H,26,27);2*1H. The Balaban J connectivity index is 0.00000225. The van der Waals surface area contributed by atoms with Gasteiger partial charge in [0, 0.05) is 25.4 Å². The van der Waals surface area contributed by atoms with Gasteiger partial charge in [0.2, 0.25) is 5.91 Å². The van der Waals surface area contributed by atoms with Gasteiger partial charge in [-0.05, 0) is 56.0 Å². The van der Waals surface area contributed by atoms with Crippen LogP contribution in [0.4, 0.5) is 0 Å². The number of carbonyl (C=O) groups is 2. The molecule has 0 saturated carbocycles. The van der Waals surface area contributed by atoms with Crippen molar-refractivity contribution in [2.45, 2.75) is 31.7 Å². The van der Waals surface area contributed by atoms with Crippen LogP contribution >= 0.6 is 24.8 Å². The highest BCUT2D eigenvalue weighted by Crippen LogP contribution is 2.13. The molecule has 1 aromatic heterocycles. The fraction of sp³-hybridized carbons (Fsp3) is 0.409. The number of benzene rings is 1. The summed E-state index contributed by atoms with van der Waals surface area (Å²) in [6.07, 6.45) is 6.91. The molecule has 2 amide bonds. The number of amides is 2. The zero-order valence-corrected chi connectivity index (χ0v) is 18.5. The molecule has 3 rings (SSSR count). The number of aromatic nitrogens is 1. The number of nitrogens with one attached hydrogen (secondary N) is 3. The summed E-state index contributed by atoms with van der Waals surface area (Å²) < 4.78 is 0. The summed E-state index contributed by atoms with van der Waals surface area (Å²) in [5.41, 5.74) is 1.45. The van der Waals surface area contributed by atoms with Gasteiger partial charge in [-0.1, -0.05) is 30.3 Å². The normalized spacial score (nSPS) is 16.3. The second-order valence-electron chi connectivity index (χ2n) is 7.25. The van der Waals surface area contributed by atoms with E-state index in [-0.39, 0.29) is 36.6 Å². The molecule has 0 spiro atoms. The van der Waals surface area contributed by atoms with Gasteiger partial charge in [-0.25, -0.2) is 0 Å². The first kappa shape index (κ1) is 25.9. The molecule has 8 heteroatoms. The first-order valence-electron chi connectivity index (χ1n) is 9.95. The van der Waals surface area contributed by atoms with Crippen molar-refractivity contribution in [2.24, 2.45) is 5.92 Å². The summed E-state index contributed by atoms with van der Waals surface area (Å²) in [5.74, 6) is 0.164. The van der Waals surface area contributed by atoms with Crippen LogP contribution in [-0.4, -0.2) is 42.5 Å². The van der Waals surface area contributed by atoms with Crippen LogP contribution < -0.4 is 16.0 Å². The van der Waals surface area contributed by atoms with Gasteiger partial charge in [0.25, 0.3) is 5.91 Å². The molecule has 2 atom stereocenters. The number of hydrogen-bond donors (Lipinski definition) is 3. The van der Waals surface area contributed by atoms with Crippen molar-refractivity contribution in [3.63, 3.8) is 0 Å². The number of hydrogen-bond acceptors (Lipinski definition) is 4. The topological polar surface area (TPSA) is 83.1 Å². The summed E-state index contributed by atoms with van der Waals surface area (Å²) in [7, 11) is 0. The average molecular weight is 453 g/mol. The quantitative estimate of drug-likeness (QED) is 0.574. The van der Waals surface area contributed by atoms with Crippen LogP contribution in [0.2, 0.25) is 0 Å². The van der Waals surface area contributed by atoms with E-state index in [1.54, 1.807) is 18.3 Å². The van der Waals surface area contributed by atoms with Gasteiger partial charge in [0.05, 0.1) is 5.56 Å². The van der Waals surface area contributed by atoms with Gasteiger partial charge in [-0.2, -0.15) is 0 Å². The first-order valence-corrected chi connectivity index (χ1v) is 9.95. The fourth-order valence-corrected chi connectivity index (χ4v) is 3.49. The van der Waals surface area contributed by atoms with Crippen molar-refractivity contribution in [3.05, 3.63) is 66.0 Å². The van der Waals surface area contributed by atoms with E-state index in [0.29, 0.717) is 24.4 Å². The lowest BCUT2D eigenvalue weighted by molar-refractivity contribution is -0.123. The van der Waals surface area contributed by atoms with E-state index in [9.17, 15) is 9.59 Å². The van der Waals surface area contributed by atoms with Gasteiger partial charge in [0.1, 0.15) is 6.04 Å². The molecule has 6 nitrogen and oxygen atoms in total. The minimum Gasteiger partial charge on any atom is -0.354 e. The molecule has 0 aliphatic carbocycles. The molecular weight excluding hydrogens is 423 g/mol. The number of halogens is 2. The predicted octanol–water partition coefficient (Wildman–Crippen LogP) is 2.77. The van der Waals surface area contributed by atoms with Crippen molar-refractivity contribution >= 4 is 36.6 Å². The van der Waals surface area contributed by atoms with Crippen molar-refractivity contribution in [1.29, 1.82) is 0 Å². The Labute approximate surface area is 190 Å². The summed E-state index contributed by atoms with van der Waals surface area (Å²) in [6.45, 7) is 2.72. The zero-order chi connectivity index (χ0) is 19.6. The molecule has 30 heavy (non-hydrogen) atoms. The van der Waals surface area contributed by atoms with Gasteiger partial charge in [0.15, 0.2) is 0 Å². The van der Waals surface area contributed by atoms with Crippen LogP contribution in [-0.2, 0) is 11.2 Å². The largest absolute Gasteiger partial charge is 0.354 e. The maximum Gasteiger partial charge on any atom is 0.253 e. The van der Waals surface area contributed by atoms with Crippen LogP contribution in [0.3, 0.4) is 0 Å². The highest BCUT2D eigenvalue weighted by molar-refractivity contribution is 5.97. The molecule has 1 aliphatic rings. The molecule has 1 saturated heterocycles. The molecule has 2 aromatic rings. The third kappa shape index (κ3) is 8.30. The van der Waals surface area contributed by atoms with Crippen LogP contribution in [0.25, 0.3) is 0 Å². The van der Waals surface area contributed by atoms with E-state index in [4.69, 9.17) is 0 Å². The SMILES string of the molecule is Cl.Cl.O=C(NC(Cc1ccccc1)C(=O)NCCC1CCCNC1)c1cccnc1. The molecule has 2 unspecified atom stereocenters. The molecule has 1 aromatic carbocycles. The van der Waals surface area contributed by atoms with E-state index in [1.165, 1.54) is 19.0 Å². The minimum atomic E-state index is -0.625. The third-order valence-electron chi connectivity index (χ3n) is 5.08. The average Bonchev–Trinajstić information content (AvgIpc) is 2.75. The number of carbonyl (C=O) groups excluding carboxylic acids is 2. The van der Waals surface area contributed by atoms with Crippen molar-refractivity contribution in [3.8, 4) is 0 Å². The summed E-state index contributed by atoms with van der Waals surface area (Å²) in [4.78, 5) is 29.3. The van der Waals surface area contributed by atoms with Crippen LogP contribution in [0.5, 0.6) is 0 Å². The lowest BCUT2D eigenvalue weighted by Crippen LogP contribution is -2.48. The Kier molecular flexibility index (Phi) is 12.0. The third-order valence-corrected chi connectivity index (χ3v) is 5.08. The smallest absolute Gasteiger partial charge is 0.253 e. The molecule has 1 fully saturated rings. The highest BCUT2D eigenvalue weighted by Gasteiger charge is 2.22. The number of pyridine rings is 1. The van der Waals surface area contributed by atoms with Crippen molar-refractivity contribution in [2.75, 3.05) is 19.6 Å². The number of piperidine rings is 1. The molecule has 0 bridgehead atoms. The molecule has 1 aliphatic heterocycles. The van der Waals surface area contributed by atoms with Gasteiger partial charge in [-0.3, -0.25) is 14.6 Å². The lowest BCUT2D eigenvalue weighted by Gasteiger charge is -2.23. The van der Waals surface area contributed by atoms with E-state index < -0.39 is 6.04 Å². The van der Waals surface area contributed by atoms with E-state index in [0.717, 1.165) is 25.1 Å². The molecule has 3 N–H and O–H groups in total. The Hall–Kier alpha value is -2.15. The Morgan fingerprint density at radius 1 is 1.13 bits per heavy atom. The Morgan fingerprint density at radius 3 is 2.60 bits per heavy atom. The highest BCUT2D eigenvalue weighted by atomic mass is 35.5. The Morgan fingerprint density at radius 2 is 1.93 bits per heavy atom. The van der Waals surface area contributed by atoms with Crippen LogP contribution in [0.1, 0.15) is 35.2 Å². The monoisotopic (exact) mass is 452 g/mol. The van der Waals surface area contributed by atoms with Gasteiger partial charge in [-0.15, -0.1) is 24.8 Å². The molecule has 164 valence electrons. The van der Waals surface area contributed by atoms with Gasteiger partial charge < -0.3 is 16.0 Å². The fourth-order valence-electron chi connectivity index (χ4n) is 3.49. The predicted molar refractivity (Wildman–Crippen MR) is 123 cm³/mol. The summed E-state index contributed by atoms with van der Waals surface area (Å²) in [6, 6.07) is 12.5. The summed E-state index contributed by atoms with van der Waals surface area (Å²) in [5, 5.41) is 9.27. The maximum absolute atomic E-state index is 12.8. The lowest BCUT2D eigenvalue weighted by atomic mass is 9.96.